The van der Waals surface area contributed by atoms with Crippen molar-refractivity contribution in [3.8, 4) is 0 Å². The second-order valence-corrected chi connectivity index (χ2v) is 4.26. The summed E-state index contributed by atoms with van der Waals surface area (Å²) < 4.78 is 0. The SMILES string of the molecule is CN(Cc1ccccn1)c1c(N)cccc1Cl. The van der Waals surface area contributed by atoms with Gasteiger partial charge in [0.1, 0.15) is 0 Å². The highest BCUT2D eigenvalue weighted by atomic mass is 35.5. The van der Waals surface area contributed by atoms with Gasteiger partial charge in [-0.05, 0) is 24.3 Å². The molecule has 4 heteroatoms. The Morgan fingerprint density at radius 1 is 1.24 bits per heavy atom. The van der Waals surface area contributed by atoms with E-state index >= 15 is 0 Å². The first-order valence-electron chi connectivity index (χ1n) is 5.33. The van der Waals surface area contributed by atoms with Crippen molar-refractivity contribution in [2.45, 2.75) is 6.54 Å². The second kappa shape index (κ2) is 5.06. The molecule has 0 saturated carbocycles. The van der Waals surface area contributed by atoms with Crippen molar-refractivity contribution >= 4 is 23.0 Å². The monoisotopic (exact) mass is 247 g/mol. The number of para-hydroxylation sites is 1. The molecule has 2 aromatic rings. The number of pyridine rings is 1. The van der Waals surface area contributed by atoms with Crippen LogP contribution in [0.25, 0.3) is 0 Å². The number of hydrogen-bond acceptors (Lipinski definition) is 3. The molecule has 3 nitrogen and oxygen atoms in total. The summed E-state index contributed by atoms with van der Waals surface area (Å²) in [6.45, 7) is 0.675. The van der Waals surface area contributed by atoms with Gasteiger partial charge in [-0.1, -0.05) is 23.7 Å². The molecule has 0 spiro atoms. The zero-order valence-electron chi connectivity index (χ0n) is 9.60. The highest BCUT2D eigenvalue weighted by molar-refractivity contribution is 6.33. The highest BCUT2D eigenvalue weighted by Crippen LogP contribution is 2.31. The third kappa shape index (κ3) is 2.68. The van der Waals surface area contributed by atoms with Gasteiger partial charge in [-0.2, -0.15) is 0 Å². The normalized spacial score (nSPS) is 10.2. The van der Waals surface area contributed by atoms with Crippen LogP contribution < -0.4 is 10.6 Å². The summed E-state index contributed by atoms with van der Waals surface area (Å²) in [5, 5.41) is 0.656. The number of anilines is 2. The fourth-order valence-corrected chi connectivity index (χ4v) is 2.07. The van der Waals surface area contributed by atoms with Crippen LogP contribution in [0.1, 0.15) is 5.69 Å². The molecule has 0 aliphatic rings. The van der Waals surface area contributed by atoms with Crippen molar-refractivity contribution in [2.24, 2.45) is 0 Å². The number of halogens is 1. The minimum absolute atomic E-state index is 0.656. The molecule has 2 N–H and O–H groups in total. The topological polar surface area (TPSA) is 42.2 Å². The fourth-order valence-electron chi connectivity index (χ4n) is 1.75. The summed E-state index contributed by atoms with van der Waals surface area (Å²) in [5.74, 6) is 0. The van der Waals surface area contributed by atoms with Gasteiger partial charge in [-0.15, -0.1) is 0 Å². The molecule has 0 aliphatic carbocycles. The van der Waals surface area contributed by atoms with E-state index in [0.717, 1.165) is 11.4 Å². The van der Waals surface area contributed by atoms with Crippen LogP contribution in [0, 0.1) is 0 Å². The van der Waals surface area contributed by atoms with Crippen molar-refractivity contribution in [1.82, 2.24) is 4.98 Å². The Morgan fingerprint density at radius 3 is 2.71 bits per heavy atom. The van der Waals surface area contributed by atoms with E-state index in [4.69, 9.17) is 17.3 Å². The van der Waals surface area contributed by atoms with Crippen LogP contribution in [0.15, 0.2) is 42.6 Å². The molecule has 0 saturated heterocycles. The maximum atomic E-state index is 6.15. The standard InChI is InChI=1S/C13H14ClN3/c1-17(9-10-5-2-3-8-16-10)13-11(14)6-4-7-12(13)15/h2-8H,9,15H2,1H3. The molecule has 0 atom stereocenters. The number of rotatable bonds is 3. The van der Waals surface area contributed by atoms with Crippen LogP contribution >= 0.6 is 11.6 Å². The minimum atomic E-state index is 0.656. The van der Waals surface area contributed by atoms with E-state index in [2.05, 4.69) is 4.98 Å². The summed E-state index contributed by atoms with van der Waals surface area (Å²) in [6, 6.07) is 11.4. The van der Waals surface area contributed by atoms with Crippen LogP contribution in [0.5, 0.6) is 0 Å². The van der Waals surface area contributed by atoms with Crippen molar-refractivity contribution in [1.29, 1.82) is 0 Å². The average molecular weight is 248 g/mol. The Balaban J connectivity index is 2.23. The molecule has 0 aliphatic heterocycles. The molecule has 1 aromatic carbocycles. The molecule has 88 valence electrons. The number of nitrogens with zero attached hydrogens (tertiary/aromatic N) is 2. The molecule has 1 heterocycles. The van der Waals surface area contributed by atoms with E-state index < -0.39 is 0 Å². The Bertz CT molecular complexity index is 479. The third-order valence-electron chi connectivity index (χ3n) is 2.53. The Kier molecular flexibility index (Phi) is 3.49. The zero-order chi connectivity index (χ0) is 12.3. The first-order chi connectivity index (χ1) is 8.18. The lowest BCUT2D eigenvalue weighted by atomic mass is 10.2. The van der Waals surface area contributed by atoms with Crippen LogP contribution in [0.3, 0.4) is 0 Å². The molecule has 0 amide bonds. The third-order valence-corrected chi connectivity index (χ3v) is 2.83. The largest absolute Gasteiger partial charge is 0.397 e. The Morgan fingerprint density at radius 2 is 2.06 bits per heavy atom. The van der Waals surface area contributed by atoms with Crippen molar-refractivity contribution < 1.29 is 0 Å². The highest BCUT2D eigenvalue weighted by Gasteiger charge is 2.10. The first kappa shape index (κ1) is 11.7. The molecular formula is C13H14ClN3. The maximum Gasteiger partial charge on any atom is 0.0790 e. The summed E-state index contributed by atoms with van der Waals surface area (Å²) in [7, 11) is 1.95. The summed E-state index contributed by atoms with van der Waals surface area (Å²) in [5.41, 5.74) is 8.43. The molecule has 2 rings (SSSR count). The van der Waals surface area contributed by atoms with Gasteiger partial charge in [-0.25, -0.2) is 0 Å². The predicted octanol–water partition coefficient (Wildman–Crippen LogP) is 2.95. The van der Waals surface area contributed by atoms with E-state index in [9.17, 15) is 0 Å². The van der Waals surface area contributed by atoms with E-state index in [1.54, 1.807) is 6.20 Å². The van der Waals surface area contributed by atoms with Gasteiger partial charge in [0.25, 0.3) is 0 Å². The van der Waals surface area contributed by atoms with Gasteiger partial charge >= 0.3 is 0 Å². The summed E-state index contributed by atoms with van der Waals surface area (Å²) in [4.78, 5) is 6.28. The van der Waals surface area contributed by atoms with Gasteiger partial charge in [0.05, 0.1) is 28.6 Å². The van der Waals surface area contributed by atoms with Crippen molar-refractivity contribution in [3.05, 3.63) is 53.3 Å². The predicted molar refractivity (Wildman–Crippen MR) is 72.2 cm³/mol. The second-order valence-electron chi connectivity index (χ2n) is 3.85. The van der Waals surface area contributed by atoms with Crippen LogP contribution in [-0.2, 0) is 6.54 Å². The maximum absolute atomic E-state index is 6.15. The Labute approximate surface area is 106 Å². The zero-order valence-corrected chi connectivity index (χ0v) is 10.4. The van der Waals surface area contributed by atoms with Gasteiger partial charge in [0, 0.05) is 13.2 Å². The molecule has 17 heavy (non-hydrogen) atoms. The number of hydrogen-bond donors (Lipinski definition) is 1. The van der Waals surface area contributed by atoms with Gasteiger partial charge in [-0.3, -0.25) is 4.98 Å². The lowest BCUT2D eigenvalue weighted by molar-refractivity contribution is 0.886. The van der Waals surface area contributed by atoms with Gasteiger partial charge in [0.15, 0.2) is 0 Å². The smallest absolute Gasteiger partial charge is 0.0790 e. The van der Waals surface area contributed by atoms with Gasteiger partial charge < -0.3 is 10.6 Å². The molecule has 0 unspecified atom stereocenters. The average Bonchev–Trinajstić information content (AvgIpc) is 2.30. The summed E-state index contributed by atoms with van der Waals surface area (Å²) in [6.07, 6.45) is 1.78. The minimum Gasteiger partial charge on any atom is -0.397 e. The van der Waals surface area contributed by atoms with Crippen LogP contribution in [0.2, 0.25) is 5.02 Å². The number of nitrogen functional groups attached to an aromatic ring is 1. The van der Waals surface area contributed by atoms with E-state index in [-0.39, 0.29) is 0 Å². The lowest BCUT2D eigenvalue weighted by Crippen LogP contribution is -2.18. The number of benzene rings is 1. The Hall–Kier alpha value is -1.74. The molecule has 0 fully saturated rings. The first-order valence-corrected chi connectivity index (χ1v) is 5.71. The quantitative estimate of drug-likeness (QED) is 0.848. The molecule has 0 radical (unpaired) electrons. The van der Waals surface area contributed by atoms with Gasteiger partial charge in [0.2, 0.25) is 0 Å². The van der Waals surface area contributed by atoms with Crippen molar-refractivity contribution in [3.63, 3.8) is 0 Å². The number of nitrogens with two attached hydrogens (primary N) is 1. The van der Waals surface area contributed by atoms with Crippen LogP contribution in [0.4, 0.5) is 11.4 Å². The van der Waals surface area contributed by atoms with E-state index in [1.807, 2.05) is 48.3 Å². The number of aromatic nitrogens is 1. The van der Waals surface area contributed by atoms with Crippen LogP contribution in [-0.4, -0.2) is 12.0 Å². The molecular weight excluding hydrogens is 234 g/mol. The lowest BCUT2D eigenvalue weighted by Gasteiger charge is -2.21. The van der Waals surface area contributed by atoms with Crippen molar-refractivity contribution in [2.75, 3.05) is 17.7 Å². The fraction of sp³-hybridized carbons (Fsp3) is 0.154. The molecule has 0 bridgehead atoms. The van der Waals surface area contributed by atoms with E-state index in [1.165, 1.54) is 0 Å². The molecule has 1 aromatic heterocycles. The summed E-state index contributed by atoms with van der Waals surface area (Å²) >= 11 is 6.15. The van der Waals surface area contributed by atoms with E-state index in [0.29, 0.717) is 17.3 Å².